The summed E-state index contributed by atoms with van der Waals surface area (Å²) in [5, 5.41) is 6.40. The summed E-state index contributed by atoms with van der Waals surface area (Å²) >= 11 is 0. The first-order valence-corrected chi connectivity index (χ1v) is 8.16. The van der Waals surface area contributed by atoms with Crippen LogP contribution in [0.15, 0.2) is 23.1 Å². The highest BCUT2D eigenvalue weighted by Crippen LogP contribution is 2.22. The van der Waals surface area contributed by atoms with Crippen LogP contribution in [-0.4, -0.2) is 28.3 Å². The van der Waals surface area contributed by atoms with Crippen molar-refractivity contribution in [3.05, 3.63) is 28.7 Å². The Morgan fingerprint density at radius 3 is 2.61 bits per heavy atom. The van der Waals surface area contributed by atoms with Gasteiger partial charge in [-0.2, -0.15) is 0 Å². The van der Waals surface area contributed by atoms with Crippen molar-refractivity contribution in [2.45, 2.75) is 64.1 Å². The summed E-state index contributed by atoms with van der Waals surface area (Å²) in [5.41, 5.74) is 0.421. The summed E-state index contributed by atoms with van der Waals surface area (Å²) in [6.07, 6.45) is 5.35. The molecule has 1 saturated carbocycles. The Kier molecular flexibility index (Phi) is 5.34. The van der Waals surface area contributed by atoms with Gasteiger partial charge in [0, 0.05) is 31.4 Å². The number of carbonyl (C=O) groups excluding carboxylic acids is 1. The highest BCUT2D eigenvalue weighted by Gasteiger charge is 2.25. The van der Waals surface area contributed by atoms with Crippen LogP contribution in [-0.2, 0) is 11.8 Å². The van der Waals surface area contributed by atoms with Gasteiger partial charge in [0.2, 0.25) is 5.56 Å². The van der Waals surface area contributed by atoms with Crippen molar-refractivity contribution in [2.75, 3.05) is 5.32 Å². The standard InChI is InChI=1S/C17H27N3O3/c1-17(2,3)23-16(22)19-13-7-5-6-12(10-13)18-14-8-9-15(21)20(4)11-14/h8-9,11-13,18H,5-7,10H2,1-4H3,(H,19,22). The van der Waals surface area contributed by atoms with Gasteiger partial charge in [0.1, 0.15) is 5.60 Å². The second kappa shape index (κ2) is 7.06. The van der Waals surface area contributed by atoms with Crippen LogP contribution >= 0.6 is 0 Å². The first-order chi connectivity index (χ1) is 10.7. The maximum atomic E-state index is 11.9. The van der Waals surface area contributed by atoms with Crippen LogP contribution < -0.4 is 16.2 Å². The van der Waals surface area contributed by atoms with Crippen LogP contribution in [0.5, 0.6) is 0 Å². The molecule has 2 rings (SSSR count). The summed E-state index contributed by atoms with van der Waals surface area (Å²) in [7, 11) is 1.74. The quantitative estimate of drug-likeness (QED) is 0.897. The van der Waals surface area contributed by atoms with Crippen molar-refractivity contribution >= 4 is 11.8 Å². The summed E-state index contributed by atoms with van der Waals surface area (Å²) in [6.45, 7) is 5.58. The second-order valence-electron chi connectivity index (χ2n) is 7.22. The fraction of sp³-hybridized carbons (Fsp3) is 0.647. The van der Waals surface area contributed by atoms with Gasteiger partial charge in [0.05, 0.1) is 5.69 Å². The van der Waals surface area contributed by atoms with Crippen LogP contribution in [0.2, 0.25) is 0 Å². The zero-order valence-electron chi connectivity index (χ0n) is 14.4. The van der Waals surface area contributed by atoms with Crippen molar-refractivity contribution in [2.24, 2.45) is 7.05 Å². The van der Waals surface area contributed by atoms with E-state index < -0.39 is 5.60 Å². The predicted molar refractivity (Wildman–Crippen MR) is 90.7 cm³/mol. The molecule has 6 heteroatoms. The molecule has 0 spiro atoms. The lowest BCUT2D eigenvalue weighted by atomic mass is 9.91. The van der Waals surface area contributed by atoms with Gasteiger partial charge in [-0.25, -0.2) is 4.79 Å². The molecule has 2 atom stereocenters. The van der Waals surface area contributed by atoms with E-state index >= 15 is 0 Å². The van der Waals surface area contributed by atoms with Crippen LogP contribution in [0.25, 0.3) is 0 Å². The normalized spacial score (nSPS) is 21.6. The Morgan fingerprint density at radius 2 is 1.96 bits per heavy atom. The van der Waals surface area contributed by atoms with Crippen molar-refractivity contribution in [1.29, 1.82) is 0 Å². The number of hydrogen-bond donors (Lipinski definition) is 2. The van der Waals surface area contributed by atoms with Gasteiger partial charge in [-0.3, -0.25) is 4.79 Å². The molecule has 0 radical (unpaired) electrons. The minimum Gasteiger partial charge on any atom is -0.444 e. The molecule has 1 amide bonds. The van der Waals surface area contributed by atoms with E-state index in [1.54, 1.807) is 29.9 Å². The smallest absolute Gasteiger partial charge is 0.407 e. The average molecular weight is 321 g/mol. The third-order valence-electron chi connectivity index (χ3n) is 3.85. The SMILES string of the molecule is Cn1cc(NC2CCCC(NC(=O)OC(C)(C)C)C2)ccc1=O. The zero-order valence-corrected chi connectivity index (χ0v) is 14.4. The molecule has 1 aromatic heterocycles. The summed E-state index contributed by atoms with van der Waals surface area (Å²) in [4.78, 5) is 23.3. The van der Waals surface area contributed by atoms with Crippen LogP contribution in [0.4, 0.5) is 10.5 Å². The minimum absolute atomic E-state index is 0.0244. The molecule has 2 N–H and O–H groups in total. The van der Waals surface area contributed by atoms with Gasteiger partial charge in [0.25, 0.3) is 0 Å². The van der Waals surface area contributed by atoms with Crippen LogP contribution in [0.3, 0.4) is 0 Å². The number of aryl methyl sites for hydroxylation is 1. The number of nitrogens with one attached hydrogen (secondary N) is 2. The maximum absolute atomic E-state index is 11.9. The summed E-state index contributed by atoms with van der Waals surface area (Å²) < 4.78 is 6.87. The third kappa shape index (κ3) is 5.62. The Morgan fingerprint density at radius 1 is 1.26 bits per heavy atom. The molecule has 0 bridgehead atoms. The Balaban J connectivity index is 1.89. The third-order valence-corrected chi connectivity index (χ3v) is 3.85. The fourth-order valence-electron chi connectivity index (χ4n) is 2.84. The van der Waals surface area contributed by atoms with Crippen molar-refractivity contribution in [3.63, 3.8) is 0 Å². The van der Waals surface area contributed by atoms with Gasteiger partial charge in [-0.05, 0) is 52.5 Å². The van der Waals surface area contributed by atoms with E-state index in [1.807, 2.05) is 20.8 Å². The highest BCUT2D eigenvalue weighted by molar-refractivity contribution is 5.68. The first kappa shape index (κ1) is 17.4. The van der Waals surface area contributed by atoms with Crippen molar-refractivity contribution in [3.8, 4) is 0 Å². The minimum atomic E-state index is -0.481. The number of pyridine rings is 1. The topological polar surface area (TPSA) is 72.4 Å². The molecule has 1 aliphatic carbocycles. The Hall–Kier alpha value is -1.98. The van der Waals surface area contributed by atoms with Gasteiger partial charge in [-0.15, -0.1) is 0 Å². The molecule has 1 fully saturated rings. The van der Waals surface area contributed by atoms with Gasteiger partial charge in [-0.1, -0.05) is 0 Å². The van der Waals surface area contributed by atoms with E-state index in [-0.39, 0.29) is 23.7 Å². The Labute approximate surface area is 137 Å². The van der Waals surface area contributed by atoms with E-state index in [0.717, 1.165) is 31.4 Å². The molecule has 2 unspecified atom stereocenters. The van der Waals surface area contributed by atoms with Crippen LogP contribution in [0.1, 0.15) is 46.5 Å². The molecular formula is C17H27N3O3. The molecule has 0 aromatic carbocycles. The summed E-state index contributed by atoms with van der Waals surface area (Å²) in [5.74, 6) is 0. The second-order valence-corrected chi connectivity index (χ2v) is 7.22. The monoisotopic (exact) mass is 321 g/mol. The van der Waals surface area contributed by atoms with E-state index in [1.165, 1.54) is 0 Å². The highest BCUT2D eigenvalue weighted by atomic mass is 16.6. The lowest BCUT2D eigenvalue weighted by Gasteiger charge is -2.31. The summed E-state index contributed by atoms with van der Waals surface area (Å²) in [6, 6.07) is 3.75. The number of anilines is 1. The lowest BCUT2D eigenvalue weighted by molar-refractivity contribution is 0.0492. The molecular weight excluding hydrogens is 294 g/mol. The van der Waals surface area contributed by atoms with Gasteiger partial charge in [0.15, 0.2) is 0 Å². The Bertz CT molecular complexity index is 604. The largest absolute Gasteiger partial charge is 0.444 e. The molecule has 0 saturated heterocycles. The number of ether oxygens (including phenoxy) is 1. The average Bonchev–Trinajstić information content (AvgIpc) is 2.41. The number of aromatic nitrogens is 1. The lowest BCUT2D eigenvalue weighted by Crippen LogP contribution is -2.43. The number of alkyl carbamates (subject to hydrolysis) is 1. The van der Waals surface area contributed by atoms with Crippen molar-refractivity contribution < 1.29 is 9.53 Å². The molecule has 6 nitrogen and oxygen atoms in total. The molecule has 1 heterocycles. The molecule has 1 aromatic rings. The number of amides is 1. The maximum Gasteiger partial charge on any atom is 0.407 e. The number of carbonyl (C=O) groups is 1. The van der Waals surface area contributed by atoms with Gasteiger partial charge >= 0.3 is 6.09 Å². The first-order valence-electron chi connectivity index (χ1n) is 8.16. The number of hydrogen-bond acceptors (Lipinski definition) is 4. The zero-order chi connectivity index (χ0) is 17.0. The molecule has 0 aliphatic heterocycles. The van der Waals surface area contributed by atoms with Gasteiger partial charge < -0.3 is 19.9 Å². The van der Waals surface area contributed by atoms with E-state index in [2.05, 4.69) is 10.6 Å². The fourth-order valence-corrected chi connectivity index (χ4v) is 2.84. The van der Waals surface area contributed by atoms with E-state index in [4.69, 9.17) is 4.74 Å². The molecule has 23 heavy (non-hydrogen) atoms. The van der Waals surface area contributed by atoms with E-state index in [9.17, 15) is 9.59 Å². The predicted octanol–water partition coefficient (Wildman–Crippen LogP) is 2.63. The number of rotatable bonds is 3. The number of nitrogens with zero attached hydrogens (tertiary/aromatic N) is 1. The van der Waals surface area contributed by atoms with E-state index in [0.29, 0.717) is 0 Å². The van der Waals surface area contributed by atoms with Crippen LogP contribution in [0, 0.1) is 0 Å². The molecule has 1 aliphatic rings. The molecule has 128 valence electrons. The van der Waals surface area contributed by atoms with Crippen molar-refractivity contribution in [1.82, 2.24) is 9.88 Å².